The van der Waals surface area contributed by atoms with Crippen LogP contribution in [0.3, 0.4) is 0 Å². The molecule has 0 saturated carbocycles. The molecule has 0 N–H and O–H groups in total. The SMILES string of the molecule is CC1=CC[C@H]2CN(C(=O)c3ccnc(-n4cnnc4)c3)C[C@H]2C1. The van der Waals surface area contributed by atoms with E-state index in [2.05, 4.69) is 28.2 Å². The van der Waals surface area contributed by atoms with Crippen molar-refractivity contribution in [3.05, 3.63) is 48.2 Å². The predicted octanol–water partition coefficient (Wildman–Crippen LogP) is 2.09. The Morgan fingerprint density at radius 2 is 2.00 bits per heavy atom. The molecular formula is C17H19N5O. The molecule has 2 aromatic heterocycles. The lowest BCUT2D eigenvalue weighted by atomic mass is 9.83. The van der Waals surface area contributed by atoms with Gasteiger partial charge in [-0.1, -0.05) is 11.6 Å². The Labute approximate surface area is 134 Å². The summed E-state index contributed by atoms with van der Waals surface area (Å²) >= 11 is 0. The van der Waals surface area contributed by atoms with Crippen molar-refractivity contribution >= 4 is 5.91 Å². The number of carbonyl (C=O) groups is 1. The van der Waals surface area contributed by atoms with E-state index in [1.54, 1.807) is 35.6 Å². The smallest absolute Gasteiger partial charge is 0.254 e. The highest BCUT2D eigenvalue weighted by Crippen LogP contribution is 2.36. The summed E-state index contributed by atoms with van der Waals surface area (Å²) in [5.41, 5.74) is 2.13. The fourth-order valence-electron chi connectivity index (χ4n) is 3.65. The van der Waals surface area contributed by atoms with Crippen LogP contribution in [0.4, 0.5) is 0 Å². The van der Waals surface area contributed by atoms with Crippen LogP contribution in [0.5, 0.6) is 0 Å². The van der Waals surface area contributed by atoms with Crippen molar-refractivity contribution in [2.75, 3.05) is 13.1 Å². The Kier molecular flexibility index (Phi) is 3.44. The topological polar surface area (TPSA) is 63.9 Å². The van der Waals surface area contributed by atoms with Crippen LogP contribution >= 0.6 is 0 Å². The molecule has 1 amide bonds. The second kappa shape index (κ2) is 5.61. The number of carbonyl (C=O) groups excluding carboxylic acids is 1. The molecule has 2 atom stereocenters. The van der Waals surface area contributed by atoms with E-state index < -0.39 is 0 Å². The van der Waals surface area contributed by atoms with Crippen molar-refractivity contribution < 1.29 is 4.79 Å². The standard InChI is InChI=1S/C17H19N5O/c1-12-2-3-14-8-21(9-15(14)6-12)17(23)13-4-5-18-16(7-13)22-10-19-20-11-22/h2,4-5,7,10-11,14-15H,3,6,8-9H2,1H3/t14-,15+/m0/s1. The second-order valence-electron chi connectivity index (χ2n) is 6.49. The summed E-state index contributed by atoms with van der Waals surface area (Å²) in [6.45, 7) is 3.91. The van der Waals surface area contributed by atoms with Gasteiger partial charge in [0.25, 0.3) is 5.91 Å². The van der Waals surface area contributed by atoms with Crippen molar-refractivity contribution in [3.63, 3.8) is 0 Å². The fraction of sp³-hybridized carbons (Fsp3) is 0.412. The summed E-state index contributed by atoms with van der Waals surface area (Å²) in [4.78, 5) is 19.1. The van der Waals surface area contributed by atoms with Crippen LogP contribution in [0.2, 0.25) is 0 Å². The van der Waals surface area contributed by atoms with Gasteiger partial charge in [-0.25, -0.2) is 4.98 Å². The lowest BCUT2D eigenvalue weighted by Crippen LogP contribution is -2.29. The van der Waals surface area contributed by atoms with Gasteiger partial charge in [0.15, 0.2) is 0 Å². The Morgan fingerprint density at radius 1 is 1.22 bits per heavy atom. The van der Waals surface area contributed by atoms with Gasteiger partial charge in [0.05, 0.1) is 0 Å². The average molecular weight is 309 g/mol. The summed E-state index contributed by atoms with van der Waals surface area (Å²) in [5, 5.41) is 7.56. The van der Waals surface area contributed by atoms with Crippen LogP contribution in [-0.2, 0) is 0 Å². The van der Waals surface area contributed by atoms with Crippen LogP contribution in [0, 0.1) is 11.8 Å². The molecule has 2 aliphatic rings. The van der Waals surface area contributed by atoms with Crippen molar-refractivity contribution in [1.29, 1.82) is 0 Å². The summed E-state index contributed by atoms with van der Waals surface area (Å²) in [7, 11) is 0. The first kappa shape index (κ1) is 14.1. The number of fused-ring (bicyclic) bond motifs is 1. The van der Waals surface area contributed by atoms with Gasteiger partial charge in [-0.2, -0.15) is 0 Å². The molecule has 0 spiro atoms. The largest absolute Gasteiger partial charge is 0.338 e. The minimum absolute atomic E-state index is 0.0915. The molecular weight excluding hydrogens is 290 g/mol. The number of allylic oxidation sites excluding steroid dienone is 2. The van der Waals surface area contributed by atoms with Crippen molar-refractivity contribution in [2.24, 2.45) is 11.8 Å². The third-order valence-corrected chi connectivity index (χ3v) is 4.89. The molecule has 0 radical (unpaired) electrons. The molecule has 3 heterocycles. The molecule has 1 aliphatic heterocycles. The number of hydrogen-bond acceptors (Lipinski definition) is 4. The summed E-state index contributed by atoms with van der Waals surface area (Å²) in [6, 6.07) is 3.58. The van der Waals surface area contributed by atoms with E-state index in [0.717, 1.165) is 25.9 Å². The number of nitrogens with zero attached hydrogens (tertiary/aromatic N) is 5. The molecule has 23 heavy (non-hydrogen) atoms. The van der Waals surface area contributed by atoms with Crippen molar-refractivity contribution in [1.82, 2.24) is 24.6 Å². The third-order valence-electron chi connectivity index (χ3n) is 4.89. The normalized spacial score (nSPS) is 23.5. The zero-order valence-electron chi connectivity index (χ0n) is 13.1. The van der Waals surface area contributed by atoms with E-state index in [9.17, 15) is 4.79 Å². The Balaban J connectivity index is 1.53. The average Bonchev–Trinajstić information content (AvgIpc) is 3.23. The first-order valence-electron chi connectivity index (χ1n) is 7.96. The van der Waals surface area contributed by atoms with Crippen LogP contribution in [-0.4, -0.2) is 43.6 Å². The van der Waals surface area contributed by atoms with E-state index in [-0.39, 0.29) is 5.91 Å². The zero-order chi connectivity index (χ0) is 15.8. The van der Waals surface area contributed by atoms with Crippen LogP contribution < -0.4 is 0 Å². The maximum atomic E-state index is 12.8. The van der Waals surface area contributed by atoms with Gasteiger partial charge in [0.1, 0.15) is 18.5 Å². The Morgan fingerprint density at radius 3 is 2.83 bits per heavy atom. The third kappa shape index (κ3) is 2.65. The van der Waals surface area contributed by atoms with E-state index in [1.165, 1.54) is 5.57 Å². The van der Waals surface area contributed by atoms with Gasteiger partial charge in [0, 0.05) is 24.8 Å². The molecule has 1 saturated heterocycles. The Bertz CT molecular complexity index is 752. The van der Waals surface area contributed by atoms with Gasteiger partial charge >= 0.3 is 0 Å². The van der Waals surface area contributed by atoms with E-state index >= 15 is 0 Å². The highest BCUT2D eigenvalue weighted by molar-refractivity contribution is 5.94. The number of pyridine rings is 1. The van der Waals surface area contributed by atoms with Gasteiger partial charge in [-0.15, -0.1) is 10.2 Å². The van der Waals surface area contributed by atoms with Crippen LogP contribution in [0.1, 0.15) is 30.1 Å². The van der Waals surface area contributed by atoms with Crippen molar-refractivity contribution in [3.8, 4) is 5.82 Å². The molecule has 118 valence electrons. The quantitative estimate of drug-likeness (QED) is 0.797. The minimum Gasteiger partial charge on any atom is -0.338 e. The maximum Gasteiger partial charge on any atom is 0.254 e. The highest BCUT2D eigenvalue weighted by atomic mass is 16.2. The molecule has 1 fully saturated rings. The molecule has 0 unspecified atom stereocenters. The fourth-order valence-corrected chi connectivity index (χ4v) is 3.65. The summed E-state index contributed by atoms with van der Waals surface area (Å²) in [6.07, 6.45) is 9.37. The van der Waals surface area contributed by atoms with Gasteiger partial charge in [-0.05, 0) is 43.7 Å². The van der Waals surface area contributed by atoms with E-state index in [1.807, 2.05) is 4.90 Å². The van der Waals surface area contributed by atoms with Crippen LogP contribution in [0.15, 0.2) is 42.6 Å². The number of amides is 1. The number of rotatable bonds is 2. The van der Waals surface area contributed by atoms with Crippen LogP contribution in [0.25, 0.3) is 5.82 Å². The number of likely N-dealkylation sites (tertiary alicyclic amines) is 1. The van der Waals surface area contributed by atoms with Gasteiger partial charge in [0.2, 0.25) is 0 Å². The summed E-state index contributed by atoms with van der Waals surface area (Å²) < 4.78 is 1.70. The molecule has 6 nitrogen and oxygen atoms in total. The molecule has 4 rings (SSSR count). The lowest BCUT2D eigenvalue weighted by Gasteiger charge is -2.21. The summed E-state index contributed by atoms with van der Waals surface area (Å²) in [5.74, 6) is 1.98. The molecule has 0 aromatic carbocycles. The van der Waals surface area contributed by atoms with Gasteiger partial charge < -0.3 is 4.90 Å². The molecule has 1 aliphatic carbocycles. The monoisotopic (exact) mass is 309 g/mol. The lowest BCUT2D eigenvalue weighted by molar-refractivity contribution is 0.0784. The predicted molar refractivity (Wildman–Crippen MR) is 85.0 cm³/mol. The number of hydrogen-bond donors (Lipinski definition) is 0. The van der Waals surface area contributed by atoms with Gasteiger partial charge in [-0.3, -0.25) is 9.36 Å². The number of aromatic nitrogens is 4. The molecule has 6 heteroatoms. The maximum absolute atomic E-state index is 12.8. The molecule has 2 aromatic rings. The minimum atomic E-state index is 0.0915. The molecule has 0 bridgehead atoms. The first-order chi connectivity index (χ1) is 11.2. The van der Waals surface area contributed by atoms with E-state index in [4.69, 9.17) is 0 Å². The second-order valence-corrected chi connectivity index (χ2v) is 6.49. The van der Waals surface area contributed by atoms with Crippen molar-refractivity contribution in [2.45, 2.75) is 19.8 Å². The zero-order valence-corrected chi connectivity index (χ0v) is 13.1. The Hall–Kier alpha value is -2.50. The highest BCUT2D eigenvalue weighted by Gasteiger charge is 2.36. The first-order valence-corrected chi connectivity index (χ1v) is 7.96. The van der Waals surface area contributed by atoms with E-state index in [0.29, 0.717) is 23.2 Å².